The fourth-order valence-electron chi connectivity index (χ4n) is 1.16. The Morgan fingerprint density at radius 2 is 2.29 bits per heavy atom. The lowest BCUT2D eigenvalue weighted by molar-refractivity contribution is 0.267. The van der Waals surface area contributed by atoms with Crippen LogP contribution >= 0.6 is 0 Å². The summed E-state index contributed by atoms with van der Waals surface area (Å²) in [6.45, 7) is 2.72. The highest BCUT2D eigenvalue weighted by molar-refractivity contribution is 5.30. The van der Waals surface area contributed by atoms with Crippen LogP contribution in [0.15, 0.2) is 24.3 Å². The second-order valence-electron chi connectivity index (χ2n) is 3.21. The van der Waals surface area contributed by atoms with Crippen molar-refractivity contribution in [2.45, 2.75) is 19.4 Å². The highest BCUT2D eigenvalue weighted by atomic mass is 16.5. The van der Waals surface area contributed by atoms with Gasteiger partial charge >= 0.3 is 0 Å². The van der Waals surface area contributed by atoms with E-state index in [-0.39, 0.29) is 12.6 Å². The molecular formula is C11H17NO2. The van der Waals surface area contributed by atoms with Crippen LogP contribution in [-0.4, -0.2) is 18.3 Å². The van der Waals surface area contributed by atoms with Crippen LogP contribution in [-0.2, 0) is 0 Å². The van der Waals surface area contributed by atoms with E-state index < -0.39 is 0 Å². The number of ether oxygens (including phenoxy) is 1. The topological polar surface area (TPSA) is 55.5 Å². The molecule has 1 aromatic rings. The molecule has 0 heterocycles. The Labute approximate surface area is 84.5 Å². The third-order valence-electron chi connectivity index (χ3n) is 1.96. The van der Waals surface area contributed by atoms with E-state index in [0.717, 1.165) is 17.7 Å². The number of nitrogens with two attached hydrogens (primary N) is 1. The number of hydrogen-bond acceptors (Lipinski definition) is 3. The molecule has 14 heavy (non-hydrogen) atoms. The molecule has 0 fully saturated rings. The van der Waals surface area contributed by atoms with E-state index in [1.165, 1.54) is 0 Å². The first kappa shape index (κ1) is 11.0. The van der Waals surface area contributed by atoms with Crippen molar-refractivity contribution in [3.8, 4) is 5.75 Å². The molecule has 0 amide bonds. The average molecular weight is 195 g/mol. The lowest BCUT2D eigenvalue weighted by atomic mass is 10.1. The number of rotatable bonds is 5. The molecule has 1 aromatic carbocycles. The molecule has 0 spiro atoms. The average Bonchev–Trinajstić information content (AvgIpc) is 2.25. The Morgan fingerprint density at radius 1 is 1.50 bits per heavy atom. The van der Waals surface area contributed by atoms with Crippen LogP contribution in [0.5, 0.6) is 5.75 Å². The predicted molar refractivity (Wildman–Crippen MR) is 56.2 cm³/mol. The van der Waals surface area contributed by atoms with Crippen LogP contribution in [0.1, 0.15) is 24.9 Å². The molecule has 0 radical (unpaired) electrons. The van der Waals surface area contributed by atoms with Gasteiger partial charge in [-0.2, -0.15) is 0 Å². The second kappa shape index (κ2) is 5.62. The van der Waals surface area contributed by atoms with Gasteiger partial charge in [0.05, 0.1) is 19.3 Å². The highest BCUT2D eigenvalue weighted by Gasteiger charge is 2.04. The minimum Gasteiger partial charge on any atom is -0.494 e. The Morgan fingerprint density at radius 3 is 2.93 bits per heavy atom. The third kappa shape index (κ3) is 3.01. The van der Waals surface area contributed by atoms with Crippen molar-refractivity contribution in [3.63, 3.8) is 0 Å². The molecule has 0 aliphatic rings. The van der Waals surface area contributed by atoms with Crippen molar-refractivity contribution in [3.05, 3.63) is 29.8 Å². The van der Waals surface area contributed by atoms with Crippen LogP contribution in [0.2, 0.25) is 0 Å². The van der Waals surface area contributed by atoms with Gasteiger partial charge in [0.1, 0.15) is 5.75 Å². The lowest BCUT2D eigenvalue weighted by Gasteiger charge is -2.10. The van der Waals surface area contributed by atoms with Crippen LogP contribution in [0.4, 0.5) is 0 Å². The van der Waals surface area contributed by atoms with Gasteiger partial charge in [-0.3, -0.25) is 0 Å². The van der Waals surface area contributed by atoms with Gasteiger partial charge in [-0.15, -0.1) is 0 Å². The van der Waals surface area contributed by atoms with E-state index in [2.05, 4.69) is 6.92 Å². The van der Waals surface area contributed by atoms with Gasteiger partial charge in [0, 0.05) is 0 Å². The standard InChI is InChI=1S/C11H17NO2/c1-2-6-14-10-5-3-4-9(7-10)11(12)8-13/h3-5,7,11,13H,2,6,8,12H2,1H3/t11-/m1/s1. The van der Waals surface area contributed by atoms with Gasteiger partial charge in [0.2, 0.25) is 0 Å². The van der Waals surface area contributed by atoms with E-state index >= 15 is 0 Å². The molecule has 3 heteroatoms. The largest absolute Gasteiger partial charge is 0.494 e. The van der Waals surface area contributed by atoms with Gasteiger partial charge in [-0.25, -0.2) is 0 Å². The Hall–Kier alpha value is -1.06. The molecule has 78 valence electrons. The molecular weight excluding hydrogens is 178 g/mol. The molecule has 3 nitrogen and oxygen atoms in total. The van der Waals surface area contributed by atoms with E-state index in [1.54, 1.807) is 0 Å². The summed E-state index contributed by atoms with van der Waals surface area (Å²) in [5.74, 6) is 0.813. The molecule has 0 saturated heterocycles. The Balaban J connectivity index is 2.68. The number of hydrogen-bond donors (Lipinski definition) is 2. The van der Waals surface area contributed by atoms with Crippen molar-refractivity contribution < 1.29 is 9.84 Å². The zero-order valence-electron chi connectivity index (χ0n) is 8.44. The Kier molecular flexibility index (Phi) is 4.43. The highest BCUT2D eigenvalue weighted by Crippen LogP contribution is 2.17. The molecule has 0 saturated carbocycles. The van der Waals surface area contributed by atoms with Crippen LogP contribution < -0.4 is 10.5 Å². The van der Waals surface area contributed by atoms with Crippen LogP contribution in [0.25, 0.3) is 0 Å². The fraction of sp³-hybridized carbons (Fsp3) is 0.455. The van der Waals surface area contributed by atoms with Crippen molar-refractivity contribution in [1.29, 1.82) is 0 Å². The Bertz CT molecular complexity index is 276. The molecule has 0 bridgehead atoms. The van der Waals surface area contributed by atoms with E-state index in [9.17, 15) is 0 Å². The van der Waals surface area contributed by atoms with E-state index in [4.69, 9.17) is 15.6 Å². The molecule has 0 aliphatic carbocycles. The van der Waals surface area contributed by atoms with Crippen molar-refractivity contribution in [2.24, 2.45) is 5.73 Å². The van der Waals surface area contributed by atoms with Crippen LogP contribution in [0, 0.1) is 0 Å². The predicted octanol–water partition coefficient (Wildman–Crippen LogP) is 1.47. The summed E-state index contributed by atoms with van der Waals surface area (Å²) >= 11 is 0. The van der Waals surface area contributed by atoms with Gasteiger partial charge < -0.3 is 15.6 Å². The maximum atomic E-state index is 8.89. The number of aliphatic hydroxyl groups is 1. The van der Waals surface area contributed by atoms with Crippen molar-refractivity contribution >= 4 is 0 Å². The summed E-state index contributed by atoms with van der Waals surface area (Å²) in [6, 6.07) is 7.22. The second-order valence-corrected chi connectivity index (χ2v) is 3.21. The third-order valence-corrected chi connectivity index (χ3v) is 1.96. The number of benzene rings is 1. The molecule has 0 aromatic heterocycles. The van der Waals surface area contributed by atoms with Crippen molar-refractivity contribution in [1.82, 2.24) is 0 Å². The first-order valence-electron chi connectivity index (χ1n) is 4.87. The lowest BCUT2D eigenvalue weighted by Crippen LogP contribution is -2.14. The SMILES string of the molecule is CCCOc1cccc([C@H](N)CO)c1. The van der Waals surface area contributed by atoms with Gasteiger partial charge in [0.15, 0.2) is 0 Å². The summed E-state index contributed by atoms with van der Waals surface area (Å²) in [5.41, 5.74) is 6.59. The van der Waals surface area contributed by atoms with E-state index in [0.29, 0.717) is 6.61 Å². The first-order valence-corrected chi connectivity index (χ1v) is 4.87. The smallest absolute Gasteiger partial charge is 0.119 e. The molecule has 1 atom stereocenters. The summed E-state index contributed by atoms with van der Waals surface area (Å²) in [4.78, 5) is 0. The zero-order chi connectivity index (χ0) is 10.4. The van der Waals surface area contributed by atoms with Crippen LogP contribution in [0.3, 0.4) is 0 Å². The monoisotopic (exact) mass is 195 g/mol. The summed E-state index contributed by atoms with van der Waals surface area (Å²) in [5, 5.41) is 8.89. The zero-order valence-corrected chi connectivity index (χ0v) is 8.44. The fourth-order valence-corrected chi connectivity index (χ4v) is 1.16. The molecule has 0 unspecified atom stereocenters. The summed E-state index contributed by atoms with van der Waals surface area (Å²) < 4.78 is 5.45. The first-order chi connectivity index (χ1) is 6.77. The minimum atomic E-state index is -0.319. The van der Waals surface area contributed by atoms with Gasteiger partial charge in [-0.05, 0) is 24.1 Å². The quantitative estimate of drug-likeness (QED) is 0.748. The van der Waals surface area contributed by atoms with Gasteiger partial charge in [0.25, 0.3) is 0 Å². The van der Waals surface area contributed by atoms with E-state index in [1.807, 2.05) is 24.3 Å². The van der Waals surface area contributed by atoms with Crippen molar-refractivity contribution in [2.75, 3.05) is 13.2 Å². The maximum Gasteiger partial charge on any atom is 0.119 e. The molecule has 1 rings (SSSR count). The van der Waals surface area contributed by atoms with Gasteiger partial charge in [-0.1, -0.05) is 19.1 Å². The normalized spacial score (nSPS) is 12.5. The minimum absolute atomic E-state index is 0.0444. The molecule has 0 aliphatic heterocycles. The molecule has 3 N–H and O–H groups in total. The maximum absolute atomic E-state index is 8.89. The summed E-state index contributed by atoms with van der Waals surface area (Å²) in [7, 11) is 0. The number of aliphatic hydroxyl groups excluding tert-OH is 1. The summed E-state index contributed by atoms with van der Waals surface area (Å²) in [6.07, 6.45) is 0.982.